The molecule has 2 nitrogen and oxygen atoms in total. The van der Waals surface area contributed by atoms with E-state index in [-0.39, 0.29) is 5.75 Å². The van der Waals surface area contributed by atoms with Crippen molar-refractivity contribution >= 4 is 6.29 Å². The van der Waals surface area contributed by atoms with Crippen molar-refractivity contribution in [3.63, 3.8) is 0 Å². The van der Waals surface area contributed by atoms with Crippen molar-refractivity contribution in [2.75, 3.05) is 0 Å². The van der Waals surface area contributed by atoms with Crippen LogP contribution in [0.2, 0.25) is 0 Å². The number of carbonyl (C=O) groups excluding carboxylic acids is 1. The summed E-state index contributed by atoms with van der Waals surface area (Å²) in [6.07, 6.45) is -3.99. The molecule has 0 aromatic heterocycles. The van der Waals surface area contributed by atoms with Gasteiger partial charge in [-0.05, 0) is 30.2 Å². The van der Waals surface area contributed by atoms with E-state index in [4.69, 9.17) is 0 Å². The average Bonchev–Trinajstić information content (AvgIpc) is 2.38. The van der Waals surface area contributed by atoms with E-state index < -0.39 is 6.36 Å². The number of ether oxygens (including phenoxy) is 1. The van der Waals surface area contributed by atoms with Crippen LogP contribution < -0.4 is 4.74 Å². The van der Waals surface area contributed by atoms with Gasteiger partial charge in [-0.3, -0.25) is 4.79 Å². The largest absolute Gasteiger partial charge is 0.573 e. The van der Waals surface area contributed by atoms with E-state index in [1.165, 1.54) is 24.3 Å². The molecule has 0 N–H and O–H groups in total. The van der Waals surface area contributed by atoms with Crippen molar-refractivity contribution in [1.29, 1.82) is 0 Å². The summed E-state index contributed by atoms with van der Waals surface area (Å²) in [7, 11) is 0. The van der Waals surface area contributed by atoms with Crippen molar-refractivity contribution in [2.24, 2.45) is 0 Å². The van der Waals surface area contributed by atoms with Crippen molar-refractivity contribution in [3.05, 3.63) is 53.6 Å². The maximum Gasteiger partial charge on any atom is 0.573 e. The molecular weight excluding hydrogens is 269 g/mol. The lowest BCUT2D eigenvalue weighted by Crippen LogP contribution is -2.16. The molecule has 0 aliphatic carbocycles. The molecule has 0 spiro atoms. The topological polar surface area (TPSA) is 26.3 Å². The standard InChI is InChI=1S/C15H11F3O2/c1-10-2-3-12(9-19)14(8-10)11-4-6-13(7-5-11)20-15(16,17)18/h2-9H,1H3. The first-order valence-electron chi connectivity index (χ1n) is 5.81. The van der Waals surface area contributed by atoms with Gasteiger partial charge in [-0.2, -0.15) is 0 Å². The summed E-state index contributed by atoms with van der Waals surface area (Å²) in [5, 5.41) is 0. The lowest BCUT2D eigenvalue weighted by molar-refractivity contribution is -0.274. The molecule has 0 fully saturated rings. The smallest absolute Gasteiger partial charge is 0.406 e. The first-order valence-corrected chi connectivity index (χ1v) is 5.81. The number of carbonyl (C=O) groups is 1. The highest BCUT2D eigenvalue weighted by Crippen LogP contribution is 2.28. The fourth-order valence-corrected chi connectivity index (χ4v) is 1.86. The third kappa shape index (κ3) is 3.38. The van der Waals surface area contributed by atoms with Crippen LogP contribution in [0.1, 0.15) is 15.9 Å². The van der Waals surface area contributed by atoms with Crippen molar-refractivity contribution in [3.8, 4) is 16.9 Å². The molecule has 5 heteroatoms. The van der Waals surface area contributed by atoms with E-state index in [1.807, 2.05) is 13.0 Å². The number of alkyl halides is 3. The molecule has 0 saturated heterocycles. The van der Waals surface area contributed by atoms with Gasteiger partial charge in [0.05, 0.1) is 0 Å². The molecule has 0 aliphatic heterocycles. The Morgan fingerprint density at radius 1 is 1.05 bits per heavy atom. The molecule has 0 saturated carbocycles. The summed E-state index contributed by atoms with van der Waals surface area (Å²) in [5.41, 5.74) is 2.78. The van der Waals surface area contributed by atoms with Crippen LogP contribution in [0, 0.1) is 6.92 Å². The van der Waals surface area contributed by atoms with Gasteiger partial charge < -0.3 is 4.74 Å². The number of aryl methyl sites for hydroxylation is 1. The summed E-state index contributed by atoms with van der Waals surface area (Å²) in [6.45, 7) is 1.87. The van der Waals surface area contributed by atoms with Gasteiger partial charge >= 0.3 is 6.36 Å². The highest BCUT2D eigenvalue weighted by molar-refractivity contribution is 5.87. The van der Waals surface area contributed by atoms with Crippen LogP contribution in [0.5, 0.6) is 5.75 Å². The molecule has 0 amide bonds. The van der Waals surface area contributed by atoms with E-state index in [2.05, 4.69) is 4.74 Å². The number of rotatable bonds is 3. The molecule has 0 unspecified atom stereocenters. The third-order valence-electron chi connectivity index (χ3n) is 2.73. The third-order valence-corrected chi connectivity index (χ3v) is 2.73. The highest BCUT2D eigenvalue weighted by atomic mass is 19.4. The maximum atomic E-state index is 12.1. The monoisotopic (exact) mass is 280 g/mol. The second-order valence-corrected chi connectivity index (χ2v) is 4.28. The van der Waals surface area contributed by atoms with Gasteiger partial charge in [-0.25, -0.2) is 0 Å². The zero-order chi connectivity index (χ0) is 14.8. The summed E-state index contributed by atoms with van der Waals surface area (Å²) in [6, 6.07) is 10.7. The SMILES string of the molecule is Cc1ccc(C=O)c(-c2ccc(OC(F)(F)F)cc2)c1. The van der Waals surface area contributed by atoms with Gasteiger partial charge in [-0.15, -0.1) is 13.2 Å². The van der Waals surface area contributed by atoms with E-state index in [0.29, 0.717) is 16.7 Å². The minimum atomic E-state index is -4.71. The maximum absolute atomic E-state index is 12.1. The normalized spacial score (nSPS) is 11.2. The van der Waals surface area contributed by atoms with Gasteiger partial charge in [-0.1, -0.05) is 35.9 Å². The molecule has 0 radical (unpaired) electrons. The first kappa shape index (κ1) is 14.1. The minimum absolute atomic E-state index is 0.290. The Morgan fingerprint density at radius 2 is 1.70 bits per heavy atom. The Bertz CT molecular complexity index is 616. The van der Waals surface area contributed by atoms with Crippen LogP contribution in [-0.4, -0.2) is 12.6 Å². The molecule has 2 aromatic rings. The zero-order valence-electron chi connectivity index (χ0n) is 10.6. The first-order chi connectivity index (χ1) is 9.39. The second kappa shape index (κ2) is 5.36. The van der Waals surface area contributed by atoms with Crippen molar-refractivity contribution in [1.82, 2.24) is 0 Å². The molecule has 0 atom stereocenters. The summed E-state index contributed by atoms with van der Waals surface area (Å²) in [4.78, 5) is 11.0. The van der Waals surface area contributed by atoms with Gasteiger partial charge in [0, 0.05) is 5.56 Å². The molecule has 0 aliphatic rings. The molecular formula is C15H11F3O2. The van der Waals surface area contributed by atoms with E-state index in [0.717, 1.165) is 11.8 Å². The molecule has 2 rings (SSSR count). The number of halogens is 3. The van der Waals surface area contributed by atoms with Crippen molar-refractivity contribution in [2.45, 2.75) is 13.3 Å². The molecule has 2 aromatic carbocycles. The van der Waals surface area contributed by atoms with Gasteiger partial charge in [0.1, 0.15) is 5.75 Å². The summed E-state index contributed by atoms with van der Waals surface area (Å²) in [5.74, 6) is -0.290. The van der Waals surface area contributed by atoms with Crippen LogP contribution in [-0.2, 0) is 0 Å². The number of aldehydes is 1. The minimum Gasteiger partial charge on any atom is -0.406 e. The van der Waals surface area contributed by atoms with Crippen LogP contribution in [0.15, 0.2) is 42.5 Å². The number of hydrogen-bond acceptors (Lipinski definition) is 2. The zero-order valence-corrected chi connectivity index (χ0v) is 10.6. The number of hydrogen-bond donors (Lipinski definition) is 0. The van der Waals surface area contributed by atoms with E-state index in [9.17, 15) is 18.0 Å². The molecule has 0 bridgehead atoms. The molecule has 0 heterocycles. The Kier molecular flexibility index (Phi) is 3.79. The molecule has 104 valence electrons. The van der Waals surface area contributed by atoms with Gasteiger partial charge in [0.2, 0.25) is 0 Å². The lowest BCUT2D eigenvalue weighted by Gasteiger charge is -2.10. The Morgan fingerprint density at radius 3 is 2.25 bits per heavy atom. The Hall–Kier alpha value is -2.30. The lowest BCUT2D eigenvalue weighted by atomic mass is 9.98. The second-order valence-electron chi connectivity index (χ2n) is 4.28. The quantitative estimate of drug-likeness (QED) is 0.780. The molecule has 20 heavy (non-hydrogen) atoms. The summed E-state index contributed by atoms with van der Waals surface area (Å²) < 4.78 is 40.0. The Labute approximate surface area is 113 Å². The van der Waals surface area contributed by atoms with Crippen LogP contribution in [0.3, 0.4) is 0 Å². The van der Waals surface area contributed by atoms with Crippen molar-refractivity contribution < 1.29 is 22.7 Å². The predicted molar refractivity (Wildman–Crippen MR) is 68.7 cm³/mol. The summed E-state index contributed by atoms with van der Waals surface area (Å²) >= 11 is 0. The fraction of sp³-hybridized carbons (Fsp3) is 0.133. The van der Waals surface area contributed by atoms with Gasteiger partial charge in [0.15, 0.2) is 6.29 Å². The van der Waals surface area contributed by atoms with E-state index in [1.54, 1.807) is 12.1 Å². The van der Waals surface area contributed by atoms with Crippen LogP contribution in [0.25, 0.3) is 11.1 Å². The van der Waals surface area contributed by atoms with Gasteiger partial charge in [0.25, 0.3) is 0 Å². The highest BCUT2D eigenvalue weighted by Gasteiger charge is 2.30. The van der Waals surface area contributed by atoms with Crippen LogP contribution in [0.4, 0.5) is 13.2 Å². The van der Waals surface area contributed by atoms with E-state index >= 15 is 0 Å². The predicted octanol–water partition coefficient (Wildman–Crippen LogP) is 4.37. The van der Waals surface area contributed by atoms with Crippen LogP contribution >= 0.6 is 0 Å². The average molecular weight is 280 g/mol. The Balaban J connectivity index is 2.35. The number of benzene rings is 2. The fourth-order valence-electron chi connectivity index (χ4n) is 1.86.